The van der Waals surface area contributed by atoms with Gasteiger partial charge in [-0.25, -0.2) is 0 Å². The zero-order valence-corrected chi connectivity index (χ0v) is 14.1. The maximum atomic E-state index is 5.52. The lowest BCUT2D eigenvalue weighted by atomic mass is 10.1. The summed E-state index contributed by atoms with van der Waals surface area (Å²) in [6.45, 7) is 4.41. The van der Waals surface area contributed by atoms with Gasteiger partial charge in [0.1, 0.15) is 5.75 Å². The van der Waals surface area contributed by atoms with Gasteiger partial charge in [-0.2, -0.15) is 0 Å². The predicted octanol–water partition coefficient (Wildman–Crippen LogP) is 3.43. The van der Waals surface area contributed by atoms with E-state index in [1.807, 2.05) is 31.2 Å². The van der Waals surface area contributed by atoms with E-state index in [4.69, 9.17) is 14.2 Å². The van der Waals surface area contributed by atoms with Crippen molar-refractivity contribution in [2.45, 2.75) is 19.9 Å². The topological polar surface area (TPSA) is 39.7 Å². The first-order valence-electron chi connectivity index (χ1n) is 7.90. The summed E-state index contributed by atoms with van der Waals surface area (Å²) in [5.41, 5.74) is 2.45. The summed E-state index contributed by atoms with van der Waals surface area (Å²) in [5.74, 6) is 2.46. The summed E-state index contributed by atoms with van der Waals surface area (Å²) in [7, 11) is 3.31. The lowest BCUT2D eigenvalue weighted by Crippen LogP contribution is -2.16. The fraction of sp³-hybridized carbons (Fsp3) is 0.368. The van der Waals surface area contributed by atoms with Crippen LogP contribution in [0.25, 0.3) is 0 Å². The van der Waals surface area contributed by atoms with Gasteiger partial charge in [-0.05, 0) is 55.3 Å². The Bertz CT molecular complexity index is 613. The zero-order chi connectivity index (χ0) is 16.5. The number of methoxy groups -OCH3 is 2. The van der Waals surface area contributed by atoms with Gasteiger partial charge in [0.25, 0.3) is 0 Å². The summed E-state index contributed by atoms with van der Waals surface area (Å²) >= 11 is 0. The van der Waals surface area contributed by atoms with E-state index in [-0.39, 0.29) is 0 Å². The van der Waals surface area contributed by atoms with Gasteiger partial charge < -0.3 is 19.5 Å². The molecule has 0 aliphatic heterocycles. The van der Waals surface area contributed by atoms with Crippen LogP contribution in [0.3, 0.4) is 0 Å². The van der Waals surface area contributed by atoms with Crippen LogP contribution in [-0.2, 0) is 13.0 Å². The molecule has 0 spiro atoms. The van der Waals surface area contributed by atoms with Gasteiger partial charge in [0.2, 0.25) is 0 Å². The molecule has 0 fully saturated rings. The van der Waals surface area contributed by atoms with Gasteiger partial charge in [-0.1, -0.05) is 18.2 Å². The largest absolute Gasteiger partial charge is 0.494 e. The molecule has 0 saturated heterocycles. The first kappa shape index (κ1) is 17.2. The molecule has 23 heavy (non-hydrogen) atoms. The van der Waals surface area contributed by atoms with Crippen molar-refractivity contribution in [2.24, 2.45) is 0 Å². The first-order chi connectivity index (χ1) is 11.3. The highest BCUT2D eigenvalue weighted by molar-refractivity contribution is 5.42. The molecule has 2 rings (SSSR count). The Kier molecular flexibility index (Phi) is 6.76. The minimum absolute atomic E-state index is 0.691. The average molecular weight is 315 g/mol. The van der Waals surface area contributed by atoms with E-state index in [0.29, 0.717) is 6.61 Å². The maximum Gasteiger partial charge on any atom is 0.160 e. The van der Waals surface area contributed by atoms with E-state index in [9.17, 15) is 0 Å². The van der Waals surface area contributed by atoms with Gasteiger partial charge in [0, 0.05) is 6.54 Å². The maximum absolute atomic E-state index is 5.52. The van der Waals surface area contributed by atoms with Crippen LogP contribution >= 0.6 is 0 Å². The molecule has 4 heteroatoms. The molecule has 2 aromatic rings. The van der Waals surface area contributed by atoms with E-state index in [0.717, 1.165) is 36.8 Å². The molecule has 0 aliphatic carbocycles. The first-order valence-corrected chi connectivity index (χ1v) is 7.90. The molecule has 1 N–H and O–H groups in total. The Morgan fingerprint density at radius 1 is 0.913 bits per heavy atom. The van der Waals surface area contributed by atoms with Crippen molar-refractivity contribution >= 4 is 0 Å². The Morgan fingerprint density at radius 2 is 1.74 bits per heavy atom. The van der Waals surface area contributed by atoms with Crippen molar-refractivity contribution in [3.05, 3.63) is 53.6 Å². The second kappa shape index (κ2) is 9.06. The zero-order valence-electron chi connectivity index (χ0n) is 14.1. The van der Waals surface area contributed by atoms with Crippen LogP contribution in [0.5, 0.6) is 17.2 Å². The third-order valence-electron chi connectivity index (χ3n) is 3.58. The molecule has 0 unspecified atom stereocenters. The number of rotatable bonds is 9. The highest BCUT2D eigenvalue weighted by atomic mass is 16.5. The molecule has 0 aromatic heterocycles. The van der Waals surface area contributed by atoms with Crippen LogP contribution in [0.2, 0.25) is 0 Å². The van der Waals surface area contributed by atoms with Gasteiger partial charge in [0.15, 0.2) is 11.5 Å². The number of nitrogens with one attached hydrogen (secondary N) is 1. The SMILES string of the molecule is CCOc1cccc(CNCCc2ccc(OC)c(OC)c2)c1. The van der Waals surface area contributed by atoms with Gasteiger partial charge in [-0.3, -0.25) is 0 Å². The number of hydrogen-bond donors (Lipinski definition) is 1. The third kappa shape index (κ3) is 5.18. The van der Waals surface area contributed by atoms with Gasteiger partial charge in [-0.15, -0.1) is 0 Å². The van der Waals surface area contributed by atoms with Crippen molar-refractivity contribution < 1.29 is 14.2 Å². The molecule has 2 aromatic carbocycles. The van der Waals surface area contributed by atoms with Crippen LogP contribution in [0.4, 0.5) is 0 Å². The Balaban J connectivity index is 1.82. The van der Waals surface area contributed by atoms with Crippen molar-refractivity contribution in [2.75, 3.05) is 27.4 Å². The molecule has 124 valence electrons. The molecule has 0 heterocycles. The summed E-state index contributed by atoms with van der Waals surface area (Å²) in [5, 5.41) is 3.46. The van der Waals surface area contributed by atoms with Crippen LogP contribution in [0.1, 0.15) is 18.1 Å². The summed E-state index contributed by atoms with van der Waals surface area (Å²) in [6.07, 6.45) is 0.936. The number of benzene rings is 2. The van der Waals surface area contributed by atoms with Crippen molar-refractivity contribution in [1.82, 2.24) is 5.32 Å². The standard InChI is InChI=1S/C19H25NO3/c1-4-23-17-7-5-6-16(12-17)14-20-11-10-15-8-9-18(21-2)19(13-15)22-3/h5-9,12-13,20H,4,10-11,14H2,1-3H3. The van der Waals surface area contributed by atoms with Crippen LogP contribution in [-0.4, -0.2) is 27.4 Å². The van der Waals surface area contributed by atoms with Crippen molar-refractivity contribution in [1.29, 1.82) is 0 Å². The molecule has 0 bridgehead atoms. The van der Waals surface area contributed by atoms with Gasteiger partial charge in [0.05, 0.1) is 20.8 Å². The van der Waals surface area contributed by atoms with Gasteiger partial charge >= 0.3 is 0 Å². The quantitative estimate of drug-likeness (QED) is 0.720. The van der Waals surface area contributed by atoms with Crippen LogP contribution in [0, 0.1) is 0 Å². The molecule has 0 radical (unpaired) electrons. The summed E-state index contributed by atoms with van der Waals surface area (Å²) < 4.78 is 16.1. The molecular weight excluding hydrogens is 290 g/mol. The lowest BCUT2D eigenvalue weighted by molar-refractivity contribution is 0.340. The van der Waals surface area contributed by atoms with Crippen molar-refractivity contribution in [3.63, 3.8) is 0 Å². The monoisotopic (exact) mass is 315 g/mol. The molecule has 0 aliphatic rings. The van der Waals surface area contributed by atoms with E-state index in [2.05, 4.69) is 23.5 Å². The smallest absolute Gasteiger partial charge is 0.160 e. The highest BCUT2D eigenvalue weighted by Gasteiger charge is 2.04. The fourth-order valence-electron chi connectivity index (χ4n) is 2.41. The average Bonchev–Trinajstić information content (AvgIpc) is 2.59. The van der Waals surface area contributed by atoms with E-state index in [1.54, 1.807) is 14.2 Å². The molecule has 4 nitrogen and oxygen atoms in total. The Morgan fingerprint density at radius 3 is 2.48 bits per heavy atom. The second-order valence-corrected chi connectivity index (χ2v) is 5.20. The van der Waals surface area contributed by atoms with E-state index < -0.39 is 0 Å². The highest BCUT2D eigenvalue weighted by Crippen LogP contribution is 2.27. The van der Waals surface area contributed by atoms with Crippen LogP contribution < -0.4 is 19.5 Å². The number of ether oxygens (including phenoxy) is 3. The Hall–Kier alpha value is -2.20. The molecular formula is C19H25NO3. The second-order valence-electron chi connectivity index (χ2n) is 5.20. The fourth-order valence-corrected chi connectivity index (χ4v) is 2.41. The number of hydrogen-bond acceptors (Lipinski definition) is 4. The van der Waals surface area contributed by atoms with Crippen molar-refractivity contribution in [3.8, 4) is 17.2 Å². The third-order valence-corrected chi connectivity index (χ3v) is 3.58. The van der Waals surface area contributed by atoms with Crippen LogP contribution in [0.15, 0.2) is 42.5 Å². The molecule has 0 atom stereocenters. The summed E-state index contributed by atoms with van der Waals surface area (Å²) in [4.78, 5) is 0. The minimum atomic E-state index is 0.691. The predicted molar refractivity (Wildman–Crippen MR) is 92.6 cm³/mol. The van der Waals surface area contributed by atoms with E-state index in [1.165, 1.54) is 11.1 Å². The summed E-state index contributed by atoms with van der Waals surface area (Å²) in [6, 6.07) is 14.2. The Labute approximate surface area is 138 Å². The molecule has 0 amide bonds. The lowest BCUT2D eigenvalue weighted by Gasteiger charge is -2.10. The molecule has 0 saturated carbocycles. The normalized spacial score (nSPS) is 10.4. The van der Waals surface area contributed by atoms with E-state index >= 15 is 0 Å². The minimum Gasteiger partial charge on any atom is -0.494 e.